The van der Waals surface area contributed by atoms with Crippen LogP contribution < -0.4 is 10.3 Å². The Morgan fingerprint density at radius 1 is 1.14 bits per heavy atom. The Balaban J connectivity index is 1.31. The van der Waals surface area contributed by atoms with Crippen molar-refractivity contribution in [3.05, 3.63) is 64.4 Å². The summed E-state index contributed by atoms with van der Waals surface area (Å²) in [6, 6.07) is 13.2. The molecule has 1 aromatic carbocycles. The number of rotatable bonds is 4. The second kappa shape index (κ2) is 6.91. The minimum atomic E-state index is 0.113. The predicted molar refractivity (Wildman–Crippen MR) is 103 cm³/mol. The Bertz CT molecular complexity index is 1040. The molecule has 144 valence electrons. The van der Waals surface area contributed by atoms with Crippen molar-refractivity contribution >= 4 is 0 Å². The van der Waals surface area contributed by atoms with Gasteiger partial charge in [0.1, 0.15) is 5.75 Å². The molecule has 5 rings (SSSR count). The van der Waals surface area contributed by atoms with Crippen molar-refractivity contribution in [2.45, 2.75) is 25.4 Å². The van der Waals surface area contributed by atoms with Crippen LogP contribution in [0.5, 0.6) is 5.75 Å². The lowest BCUT2D eigenvalue weighted by Gasteiger charge is -2.42. The molecule has 2 aliphatic rings. The van der Waals surface area contributed by atoms with E-state index in [9.17, 15) is 4.79 Å². The van der Waals surface area contributed by atoms with Gasteiger partial charge in [-0.2, -0.15) is 4.98 Å². The molecule has 2 atom stereocenters. The van der Waals surface area contributed by atoms with Crippen molar-refractivity contribution < 1.29 is 9.26 Å². The summed E-state index contributed by atoms with van der Waals surface area (Å²) in [5, 5.41) is 4.13. The van der Waals surface area contributed by atoms with Gasteiger partial charge in [-0.1, -0.05) is 11.2 Å². The number of pyridine rings is 1. The molecule has 0 spiro atoms. The Kier molecular flexibility index (Phi) is 4.24. The molecule has 2 unspecified atom stereocenters. The predicted octanol–water partition coefficient (Wildman–Crippen LogP) is 2.53. The number of benzene rings is 1. The number of fused-ring (bicyclic) bond motifs is 4. The van der Waals surface area contributed by atoms with Crippen molar-refractivity contribution in [3.63, 3.8) is 0 Å². The first-order valence-corrected chi connectivity index (χ1v) is 9.58. The third kappa shape index (κ3) is 3.11. The monoisotopic (exact) mass is 378 g/mol. The molecule has 3 aromatic rings. The van der Waals surface area contributed by atoms with Gasteiger partial charge in [0.05, 0.1) is 13.7 Å². The van der Waals surface area contributed by atoms with Crippen LogP contribution in [0.1, 0.15) is 23.9 Å². The maximum atomic E-state index is 12.2. The van der Waals surface area contributed by atoms with E-state index in [0.717, 1.165) is 43.1 Å². The van der Waals surface area contributed by atoms with Crippen molar-refractivity contribution in [1.29, 1.82) is 0 Å². The first-order valence-electron chi connectivity index (χ1n) is 9.58. The standard InChI is InChI=1S/C21H22N4O3/c1-27-17-7-5-15(6-8-17)21-22-19(28-23-21)13-24-10-14-9-16(12-24)18-3-2-4-20(26)25(18)11-14/h2-8,14,16H,9-13H2,1H3. The summed E-state index contributed by atoms with van der Waals surface area (Å²) in [6.45, 7) is 3.27. The highest BCUT2D eigenvalue weighted by atomic mass is 16.5. The van der Waals surface area contributed by atoms with Crippen LogP contribution in [0.4, 0.5) is 0 Å². The molecular weight excluding hydrogens is 356 g/mol. The van der Waals surface area contributed by atoms with Gasteiger partial charge in [-0.25, -0.2) is 0 Å². The minimum Gasteiger partial charge on any atom is -0.497 e. The van der Waals surface area contributed by atoms with Crippen LogP contribution >= 0.6 is 0 Å². The van der Waals surface area contributed by atoms with E-state index in [2.05, 4.69) is 21.1 Å². The van der Waals surface area contributed by atoms with Gasteiger partial charge in [0.25, 0.3) is 5.56 Å². The van der Waals surface area contributed by atoms with Gasteiger partial charge in [0, 0.05) is 42.9 Å². The van der Waals surface area contributed by atoms with Gasteiger partial charge in [-0.15, -0.1) is 0 Å². The van der Waals surface area contributed by atoms with Crippen LogP contribution in [-0.2, 0) is 13.1 Å². The summed E-state index contributed by atoms with van der Waals surface area (Å²) in [6.07, 6.45) is 1.14. The fourth-order valence-corrected chi connectivity index (χ4v) is 4.49. The van der Waals surface area contributed by atoms with Crippen molar-refractivity contribution in [2.75, 3.05) is 20.2 Å². The molecular formula is C21H22N4O3. The number of piperidine rings is 1. The zero-order valence-electron chi connectivity index (χ0n) is 15.7. The second-order valence-corrected chi connectivity index (χ2v) is 7.63. The summed E-state index contributed by atoms with van der Waals surface area (Å²) < 4.78 is 12.6. The summed E-state index contributed by atoms with van der Waals surface area (Å²) in [5.41, 5.74) is 2.17. The zero-order chi connectivity index (χ0) is 19.1. The highest BCUT2D eigenvalue weighted by molar-refractivity contribution is 5.55. The highest BCUT2D eigenvalue weighted by Gasteiger charge is 2.34. The molecule has 7 nitrogen and oxygen atoms in total. The van der Waals surface area contributed by atoms with Gasteiger partial charge in [-0.3, -0.25) is 9.69 Å². The van der Waals surface area contributed by atoms with E-state index in [-0.39, 0.29) is 5.56 Å². The molecule has 2 aromatic heterocycles. The Morgan fingerprint density at radius 3 is 2.82 bits per heavy atom. The molecule has 4 heterocycles. The molecule has 0 radical (unpaired) electrons. The Morgan fingerprint density at radius 2 is 2.00 bits per heavy atom. The summed E-state index contributed by atoms with van der Waals surface area (Å²) >= 11 is 0. The molecule has 1 saturated heterocycles. The number of ether oxygens (including phenoxy) is 1. The number of hydrogen-bond donors (Lipinski definition) is 0. The first-order chi connectivity index (χ1) is 13.7. The fourth-order valence-electron chi connectivity index (χ4n) is 4.49. The zero-order valence-corrected chi connectivity index (χ0v) is 15.7. The van der Waals surface area contributed by atoms with Crippen LogP contribution in [0.2, 0.25) is 0 Å². The van der Waals surface area contributed by atoms with E-state index in [1.807, 2.05) is 34.9 Å². The molecule has 0 saturated carbocycles. The molecule has 28 heavy (non-hydrogen) atoms. The number of hydrogen-bond acceptors (Lipinski definition) is 6. The smallest absolute Gasteiger partial charge is 0.250 e. The lowest BCUT2D eigenvalue weighted by Crippen LogP contribution is -2.46. The Labute approximate surface area is 162 Å². The van der Waals surface area contributed by atoms with Crippen molar-refractivity contribution in [2.24, 2.45) is 5.92 Å². The summed E-state index contributed by atoms with van der Waals surface area (Å²) in [4.78, 5) is 19.1. The van der Waals surface area contributed by atoms with Crippen molar-refractivity contribution in [1.82, 2.24) is 19.6 Å². The third-order valence-electron chi connectivity index (χ3n) is 5.73. The van der Waals surface area contributed by atoms with E-state index >= 15 is 0 Å². The van der Waals surface area contributed by atoms with Crippen LogP contribution in [0.15, 0.2) is 51.8 Å². The number of methoxy groups -OCH3 is 1. The second-order valence-electron chi connectivity index (χ2n) is 7.63. The molecule has 0 amide bonds. The lowest BCUT2D eigenvalue weighted by atomic mass is 9.83. The van der Waals surface area contributed by atoms with Crippen LogP contribution in [0.25, 0.3) is 11.4 Å². The maximum absolute atomic E-state index is 12.2. The molecule has 0 aliphatic carbocycles. The van der Waals surface area contributed by atoms with E-state index < -0.39 is 0 Å². The number of aromatic nitrogens is 3. The van der Waals surface area contributed by atoms with E-state index in [1.165, 1.54) is 0 Å². The van der Waals surface area contributed by atoms with Crippen molar-refractivity contribution in [3.8, 4) is 17.1 Å². The quantitative estimate of drug-likeness (QED) is 0.695. The largest absolute Gasteiger partial charge is 0.497 e. The van der Waals surface area contributed by atoms with Gasteiger partial charge >= 0.3 is 0 Å². The van der Waals surface area contributed by atoms with E-state index in [4.69, 9.17) is 9.26 Å². The Hall–Kier alpha value is -2.93. The number of nitrogens with zero attached hydrogens (tertiary/aromatic N) is 4. The molecule has 7 heteroatoms. The lowest BCUT2D eigenvalue weighted by molar-refractivity contribution is 0.104. The van der Waals surface area contributed by atoms with Gasteiger partial charge in [0.15, 0.2) is 0 Å². The molecule has 2 bridgehead atoms. The maximum Gasteiger partial charge on any atom is 0.250 e. The average Bonchev–Trinajstić information content (AvgIpc) is 3.17. The number of likely N-dealkylation sites (tertiary alicyclic amines) is 1. The average molecular weight is 378 g/mol. The van der Waals surface area contributed by atoms with Crippen LogP contribution in [0, 0.1) is 5.92 Å². The van der Waals surface area contributed by atoms with Gasteiger partial charge in [0.2, 0.25) is 11.7 Å². The van der Waals surface area contributed by atoms with Gasteiger partial charge in [-0.05, 0) is 42.7 Å². The topological polar surface area (TPSA) is 73.4 Å². The van der Waals surface area contributed by atoms with Crippen LogP contribution in [0.3, 0.4) is 0 Å². The summed E-state index contributed by atoms with van der Waals surface area (Å²) in [5.74, 6) is 2.87. The first kappa shape index (κ1) is 17.2. The SMILES string of the molecule is COc1ccc(-c2noc(CN3CC4CC(C3)c3cccc(=O)n3C4)n2)cc1. The fraction of sp³-hybridized carbons (Fsp3) is 0.381. The van der Waals surface area contributed by atoms with Crippen LogP contribution in [-0.4, -0.2) is 39.8 Å². The van der Waals surface area contributed by atoms with Gasteiger partial charge < -0.3 is 13.8 Å². The summed E-state index contributed by atoms with van der Waals surface area (Å²) in [7, 11) is 1.64. The highest BCUT2D eigenvalue weighted by Crippen LogP contribution is 2.35. The molecule has 0 N–H and O–H groups in total. The van der Waals surface area contributed by atoms with E-state index in [0.29, 0.717) is 30.1 Å². The molecule has 1 fully saturated rings. The minimum absolute atomic E-state index is 0.113. The van der Waals surface area contributed by atoms with E-state index in [1.54, 1.807) is 13.2 Å². The normalized spacial score (nSPS) is 21.3. The third-order valence-corrected chi connectivity index (χ3v) is 5.73. The molecule has 2 aliphatic heterocycles.